The molecular formula is C14H10F3NOS. The number of halogens is 3. The Morgan fingerprint density at radius 2 is 1.55 bits per heavy atom. The van der Waals surface area contributed by atoms with Crippen molar-refractivity contribution in [2.75, 3.05) is 0 Å². The molecule has 6 heteroatoms. The van der Waals surface area contributed by atoms with Crippen molar-refractivity contribution in [2.45, 2.75) is 6.61 Å². The summed E-state index contributed by atoms with van der Waals surface area (Å²) < 4.78 is 44.5. The van der Waals surface area contributed by atoms with Gasteiger partial charge in [-0.15, -0.1) is 0 Å². The highest BCUT2D eigenvalue weighted by atomic mass is 32.1. The molecule has 2 N–H and O–H groups in total. The summed E-state index contributed by atoms with van der Waals surface area (Å²) in [5.41, 5.74) is 6.24. The minimum atomic E-state index is -0.747. The van der Waals surface area contributed by atoms with Crippen LogP contribution in [0.2, 0.25) is 0 Å². The molecular weight excluding hydrogens is 287 g/mol. The predicted octanol–water partition coefficient (Wildman–Crippen LogP) is 3.32. The molecule has 0 bridgehead atoms. The lowest BCUT2D eigenvalue weighted by Gasteiger charge is -2.08. The highest BCUT2D eigenvalue weighted by Gasteiger charge is 2.06. The van der Waals surface area contributed by atoms with Crippen LogP contribution in [0.3, 0.4) is 0 Å². The van der Waals surface area contributed by atoms with Gasteiger partial charge in [0.2, 0.25) is 0 Å². The van der Waals surface area contributed by atoms with Crippen LogP contribution < -0.4 is 10.5 Å². The van der Waals surface area contributed by atoms with E-state index in [0.717, 1.165) is 18.2 Å². The molecule has 2 aromatic rings. The van der Waals surface area contributed by atoms with Gasteiger partial charge in [0.25, 0.3) is 0 Å². The number of nitrogens with two attached hydrogens (primary N) is 1. The van der Waals surface area contributed by atoms with Gasteiger partial charge in [0.05, 0.1) is 0 Å². The van der Waals surface area contributed by atoms with Gasteiger partial charge in [0, 0.05) is 23.8 Å². The van der Waals surface area contributed by atoms with Crippen molar-refractivity contribution in [1.82, 2.24) is 0 Å². The van der Waals surface area contributed by atoms with Crippen LogP contribution in [0.1, 0.15) is 11.1 Å². The Hall–Kier alpha value is -2.08. The average molecular weight is 297 g/mol. The average Bonchev–Trinajstić information content (AvgIpc) is 2.34. The van der Waals surface area contributed by atoms with Gasteiger partial charge in [-0.3, -0.25) is 0 Å². The van der Waals surface area contributed by atoms with E-state index in [4.69, 9.17) is 22.7 Å². The fraction of sp³-hybridized carbons (Fsp3) is 0.0714. The van der Waals surface area contributed by atoms with Gasteiger partial charge >= 0.3 is 0 Å². The fourth-order valence-electron chi connectivity index (χ4n) is 1.65. The Morgan fingerprint density at radius 1 is 0.950 bits per heavy atom. The van der Waals surface area contributed by atoms with Crippen LogP contribution in [0.25, 0.3) is 0 Å². The second-order valence-corrected chi connectivity index (χ2v) is 4.55. The SMILES string of the molecule is NC(=S)c1cc(F)cc(COc2cc(F)cc(F)c2)c1. The van der Waals surface area contributed by atoms with E-state index in [2.05, 4.69) is 0 Å². The zero-order valence-electron chi connectivity index (χ0n) is 10.2. The molecule has 0 saturated heterocycles. The van der Waals surface area contributed by atoms with Crippen LogP contribution in [0.4, 0.5) is 13.2 Å². The van der Waals surface area contributed by atoms with E-state index in [-0.39, 0.29) is 17.3 Å². The van der Waals surface area contributed by atoms with E-state index >= 15 is 0 Å². The summed E-state index contributed by atoms with van der Waals surface area (Å²) in [5, 5.41) is 0. The number of thiocarbonyl (C=S) groups is 1. The van der Waals surface area contributed by atoms with Gasteiger partial charge in [-0.25, -0.2) is 13.2 Å². The Morgan fingerprint density at radius 3 is 2.15 bits per heavy atom. The summed E-state index contributed by atoms with van der Waals surface area (Å²) in [6, 6.07) is 6.81. The van der Waals surface area contributed by atoms with Crippen LogP contribution >= 0.6 is 12.2 Å². The molecule has 0 aromatic heterocycles. The quantitative estimate of drug-likeness (QED) is 0.879. The molecule has 0 spiro atoms. The molecule has 0 heterocycles. The van der Waals surface area contributed by atoms with Gasteiger partial charge < -0.3 is 10.5 Å². The zero-order valence-corrected chi connectivity index (χ0v) is 11.0. The monoisotopic (exact) mass is 297 g/mol. The summed E-state index contributed by atoms with van der Waals surface area (Å²) in [7, 11) is 0. The second-order valence-electron chi connectivity index (χ2n) is 4.11. The van der Waals surface area contributed by atoms with E-state index in [1.165, 1.54) is 12.1 Å². The van der Waals surface area contributed by atoms with Gasteiger partial charge in [0.15, 0.2) is 0 Å². The van der Waals surface area contributed by atoms with Gasteiger partial charge in [-0.1, -0.05) is 12.2 Å². The minimum Gasteiger partial charge on any atom is -0.489 e. The summed E-state index contributed by atoms with van der Waals surface area (Å²) >= 11 is 4.76. The van der Waals surface area contributed by atoms with E-state index < -0.39 is 17.5 Å². The first kappa shape index (κ1) is 14.3. The first-order chi connectivity index (χ1) is 9.44. The normalized spacial score (nSPS) is 10.3. The maximum atomic E-state index is 13.4. The van der Waals surface area contributed by atoms with Gasteiger partial charge in [0.1, 0.15) is 34.8 Å². The van der Waals surface area contributed by atoms with Crippen molar-refractivity contribution in [1.29, 1.82) is 0 Å². The number of benzene rings is 2. The van der Waals surface area contributed by atoms with E-state index in [1.54, 1.807) is 6.07 Å². The number of rotatable bonds is 4. The first-order valence-electron chi connectivity index (χ1n) is 5.62. The molecule has 0 aliphatic rings. The highest BCUT2D eigenvalue weighted by molar-refractivity contribution is 7.80. The smallest absolute Gasteiger partial charge is 0.129 e. The summed E-state index contributed by atoms with van der Waals surface area (Å²) in [5.74, 6) is -1.99. The molecule has 0 unspecified atom stereocenters. The first-order valence-corrected chi connectivity index (χ1v) is 6.03. The third-order valence-electron chi connectivity index (χ3n) is 2.48. The van der Waals surface area contributed by atoms with Crippen LogP contribution in [0.15, 0.2) is 36.4 Å². The maximum Gasteiger partial charge on any atom is 0.129 e. The molecule has 2 aromatic carbocycles. The van der Waals surface area contributed by atoms with Crippen molar-refractivity contribution in [2.24, 2.45) is 5.73 Å². The van der Waals surface area contributed by atoms with Crippen LogP contribution in [0.5, 0.6) is 5.75 Å². The minimum absolute atomic E-state index is 0.0173. The Balaban J connectivity index is 2.16. The lowest BCUT2D eigenvalue weighted by molar-refractivity contribution is 0.302. The molecule has 104 valence electrons. The third-order valence-corrected chi connectivity index (χ3v) is 2.72. The topological polar surface area (TPSA) is 35.2 Å². The number of hydrogen-bond acceptors (Lipinski definition) is 2. The largest absolute Gasteiger partial charge is 0.489 e. The summed E-state index contributed by atoms with van der Waals surface area (Å²) in [4.78, 5) is 0.0579. The van der Waals surface area contributed by atoms with Crippen molar-refractivity contribution in [3.63, 3.8) is 0 Å². The third kappa shape index (κ3) is 3.71. The van der Waals surface area contributed by atoms with Crippen molar-refractivity contribution >= 4 is 17.2 Å². The van der Waals surface area contributed by atoms with Crippen molar-refractivity contribution in [3.05, 3.63) is 65.0 Å². The number of hydrogen-bond donors (Lipinski definition) is 1. The molecule has 0 amide bonds. The number of ether oxygens (including phenoxy) is 1. The van der Waals surface area contributed by atoms with Crippen LogP contribution in [-0.2, 0) is 6.61 Å². The molecule has 20 heavy (non-hydrogen) atoms. The molecule has 0 aliphatic heterocycles. The Labute approximate surface area is 119 Å². The molecule has 0 saturated carbocycles. The van der Waals surface area contributed by atoms with Crippen molar-refractivity contribution < 1.29 is 17.9 Å². The highest BCUT2D eigenvalue weighted by Crippen LogP contribution is 2.18. The fourth-order valence-corrected chi connectivity index (χ4v) is 1.77. The lowest BCUT2D eigenvalue weighted by atomic mass is 10.1. The molecule has 0 aliphatic carbocycles. The summed E-state index contributed by atoms with van der Waals surface area (Å²) in [6.07, 6.45) is 0. The maximum absolute atomic E-state index is 13.4. The van der Waals surface area contributed by atoms with E-state index in [9.17, 15) is 13.2 Å². The van der Waals surface area contributed by atoms with Crippen LogP contribution in [0, 0.1) is 17.5 Å². The molecule has 0 radical (unpaired) electrons. The summed E-state index contributed by atoms with van der Waals surface area (Å²) in [6.45, 7) is -0.0593. The Bertz CT molecular complexity index is 641. The molecule has 2 nitrogen and oxygen atoms in total. The molecule has 0 fully saturated rings. The zero-order chi connectivity index (χ0) is 14.7. The molecule has 0 atom stereocenters. The van der Waals surface area contributed by atoms with Crippen molar-refractivity contribution in [3.8, 4) is 5.75 Å². The predicted molar refractivity (Wildman–Crippen MR) is 73.0 cm³/mol. The van der Waals surface area contributed by atoms with E-state index in [1.807, 2.05) is 0 Å². The van der Waals surface area contributed by atoms with Crippen LogP contribution in [-0.4, -0.2) is 4.99 Å². The molecule has 2 rings (SSSR count). The van der Waals surface area contributed by atoms with E-state index in [0.29, 0.717) is 11.1 Å². The van der Waals surface area contributed by atoms with Gasteiger partial charge in [-0.05, 0) is 23.8 Å². The van der Waals surface area contributed by atoms with Gasteiger partial charge in [-0.2, -0.15) is 0 Å². The lowest BCUT2D eigenvalue weighted by Crippen LogP contribution is -2.10. The standard InChI is InChI=1S/C14H10F3NOS/c15-10-2-8(1-9(3-10)14(18)20)7-19-13-5-11(16)4-12(17)6-13/h1-6H,7H2,(H2,18,20). The second kappa shape index (κ2) is 5.92. The Kier molecular flexibility index (Phi) is 4.24.